The lowest BCUT2D eigenvalue weighted by Gasteiger charge is -2.32. The predicted molar refractivity (Wildman–Crippen MR) is 110 cm³/mol. The van der Waals surface area contributed by atoms with Crippen LogP contribution in [0.3, 0.4) is 0 Å². The van der Waals surface area contributed by atoms with E-state index in [1.165, 1.54) is 4.90 Å². The first-order valence-electron chi connectivity index (χ1n) is 8.83. The van der Waals surface area contributed by atoms with Crippen molar-refractivity contribution in [1.82, 2.24) is 20.9 Å². The van der Waals surface area contributed by atoms with Gasteiger partial charge in [0.2, 0.25) is 5.91 Å². The van der Waals surface area contributed by atoms with Gasteiger partial charge in [-0.25, -0.2) is 0 Å². The molecule has 0 bridgehead atoms. The van der Waals surface area contributed by atoms with Crippen LogP contribution in [-0.4, -0.2) is 83.0 Å². The van der Waals surface area contributed by atoms with Crippen molar-refractivity contribution in [1.29, 1.82) is 0 Å². The molecule has 0 spiro atoms. The Bertz CT molecular complexity index is 444. The van der Waals surface area contributed by atoms with Gasteiger partial charge in [0.05, 0.1) is 19.7 Å². The summed E-state index contributed by atoms with van der Waals surface area (Å²) >= 11 is 0. The monoisotopic (exact) mass is 509 g/mol. The molecule has 0 saturated carbocycles. The first-order valence-corrected chi connectivity index (χ1v) is 8.83. The van der Waals surface area contributed by atoms with Gasteiger partial charge in [-0.3, -0.25) is 14.7 Å². The van der Waals surface area contributed by atoms with E-state index in [0.29, 0.717) is 44.7 Å². The summed E-state index contributed by atoms with van der Waals surface area (Å²) < 4.78 is 42.0. The Hall–Kier alpha value is -0.820. The number of amides is 1. The van der Waals surface area contributed by atoms with Crippen molar-refractivity contribution >= 4 is 35.8 Å². The summed E-state index contributed by atoms with van der Waals surface area (Å²) in [4.78, 5) is 17.1. The molecular formula is C16H31F3IN5O2. The Morgan fingerprint density at radius 2 is 1.85 bits per heavy atom. The molecule has 1 amide bonds. The topological polar surface area (TPSA) is 78.0 Å². The molecule has 3 N–H and O–H groups in total. The van der Waals surface area contributed by atoms with Crippen LogP contribution in [0.25, 0.3) is 0 Å². The number of methoxy groups -OCH3 is 1. The third-order valence-electron chi connectivity index (χ3n) is 4.22. The van der Waals surface area contributed by atoms with Gasteiger partial charge in [-0.2, -0.15) is 13.2 Å². The Balaban J connectivity index is 0.00000676. The lowest BCUT2D eigenvalue weighted by atomic mass is 9.93. The summed E-state index contributed by atoms with van der Waals surface area (Å²) in [6.07, 6.45) is -1.72. The van der Waals surface area contributed by atoms with E-state index in [0.717, 1.165) is 19.3 Å². The van der Waals surface area contributed by atoms with E-state index in [2.05, 4.69) is 20.9 Å². The van der Waals surface area contributed by atoms with Gasteiger partial charge < -0.3 is 20.7 Å². The fraction of sp³-hybridized carbons (Fsp3) is 0.875. The van der Waals surface area contributed by atoms with Crippen molar-refractivity contribution in [2.24, 2.45) is 10.9 Å². The molecule has 1 saturated heterocycles. The van der Waals surface area contributed by atoms with Crippen molar-refractivity contribution in [3.8, 4) is 0 Å². The van der Waals surface area contributed by atoms with Crippen LogP contribution in [0.4, 0.5) is 13.2 Å². The van der Waals surface area contributed by atoms with Crippen LogP contribution in [0.2, 0.25) is 0 Å². The van der Waals surface area contributed by atoms with Crippen LogP contribution in [-0.2, 0) is 9.53 Å². The molecule has 27 heavy (non-hydrogen) atoms. The zero-order valence-corrected chi connectivity index (χ0v) is 18.2. The molecule has 0 radical (unpaired) electrons. The second-order valence-electron chi connectivity index (χ2n) is 6.32. The maximum Gasteiger partial charge on any atom is 0.401 e. The van der Waals surface area contributed by atoms with Crippen LogP contribution >= 0.6 is 24.0 Å². The zero-order valence-electron chi connectivity index (χ0n) is 15.9. The molecule has 1 rings (SSSR count). The predicted octanol–water partition coefficient (Wildman–Crippen LogP) is 1.20. The second kappa shape index (κ2) is 14.2. The number of ether oxygens (including phenoxy) is 1. The summed E-state index contributed by atoms with van der Waals surface area (Å²) in [6, 6.07) is 0. The van der Waals surface area contributed by atoms with Gasteiger partial charge in [-0.05, 0) is 38.3 Å². The number of guanidine groups is 1. The van der Waals surface area contributed by atoms with Gasteiger partial charge >= 0.3 is 6.18 Å². The molecule has 0 atom stereocenters. The summed E-state index contributed by atoms with van der Waals surface area (Å²) in [6.45, 7) is 1.84. The number of rotatable bonds is 9. The molecule has 0 aliphatic carbocycles. The molecule has 1 fully saturated rings. The summed E-state index contributed by atoms with van der Waals surface area (Å²) in [5.41, 5.74) is 0. The third-order valence-corrected chi connectivity index (χ3v) is 4.22. The molecule has 0 aromatic rings. The molecule has 1 aliphatic rings. The molecule has 11 heteroatoms. The Morgan fingerprint density at radius 1 is 1.19 bits per heavy atom. The molecule has 0 aromatic heterocycles. The minimum absolute atomic E-state index is 0. The number of carbonyl (C=O) groups excluding carboxylic acids is 1. The van der Waals surface area contributed by atoms with Gasteiger partial charge in [0.1, 0.15) is 0 Å². The van der Waals surface area contributed by atoms with Gasteiger partial charge in [0.15, 0.2) is 5.96 Å². The number of carbonyl (C=O) groups is 1. The van der Waals surface area contributed by atoms with E-state index < -0.39 is 12.7 Å². The highest BCUT2D eigenvalue weighted by atomic mass is 127. The quantitative estimate of drug-likeness (QED) is 0.189. The third kappa shape index (κ3) is 13.1. The number of aliphatic imine (C=N–C) groups is 1. The minimum Gasteiger partial charge on any atom is -0.383 e. The normalized spacial score (nSPS) is 16.6. The average Bonchev–Trinajstić information content (AvgIpc) is 2.58. The van der Waals surface area contributed by atoms with Crippen molar-refractivity contribution < 1.29 is 22.7 Å². The van der Waals surface area contributed by atoms with Crippen LogP contribution in [0.1, 0.15) is 19.3 Å². The maximum absolute atomic E-state index is 12.4. The maximum atomic E-state index is 12.4. The Morgan fingerprint density at radius 3 is 2.41 bits per heavy atom. The van der Waals surface area contributed by atoms with Crippen LogP contribution in [0.5, 0.6) is 0 Å². The lowest BCUT2D eigenvalue weighted by Crippen LogP contribution is -2.44. The summed E-state index contributed by atoms with van der Waals surface area (Å²) in [5, 5.41) is 8.75. The Labute approximate surface area is 175 Å². The standard InChI is InChI=1S/C16H30F3N5O2.HI/c1-20-15(23-11-14(25)21-7-10-26-2)22-6-3-13-4-8-24(9-5-13)12-16(17,18)19;/h13H,3-12H2,1-2H3,(H,21,25)(H2,20,22,23);1H. The number of nitrogens with one attached hydrogen (secondary N) is 3. The fourth-order valence-corrected chi connectivity index (χ4v) is 2.82. The van der Waals surface area contributed by atoms with Gasteiger partial charge in [-0.1, -0.05) is 0 Å². The van der Waals surface area contributed by atoms with E-state index in [1.807, 2.05) is 0 Å². The number of halogens is 4. The molecule has 160 valence electrons. The summed E-state index contributed by atoms with van der Waals surface area (Å²) in [7, 11) is 3.18. The highest BCUT2D eigenvalue weighted by molar-refractivity contribution is 14.0. The lowest BCUT2D eigenvalue weighted by molar-refractivity contribution is -0.148. The van der Waals surface area contributed by atoms with Gasteiger partial charge in [-0.15, -0.1) is 24.0 Å². The van der Waals surface area contributed by atoms with E-state index in [1.54, 1.807) is 14.2 Å². The second-order valence-corrected chi connectivity index (χ2v) is 6.32. The van der Waals surface area contributed by atoms with E-state index in [4.69, 9.17) is 4.74 Å². The molecule has 1 heterocycles. The van der Waals surface area contributed by atoms with Gasteiger partial charge in [0.25, 0.3) is 0 Å². The van der Waals surface area contributed by atoms with Crippen molar-refractivity contribution in [2.45, 2.75) is 25.4 Å². The molecule has 7 nitrogen and oxygen atoms in total. The van der Waals surface area contributed by atoms with E-state index in [-0.39, 0.29) is 36.4 Å². The SMILES string of the molecule is CN=C(NCCC1CCN(CC(F)(F)F)CC1)NCC(=O)NCCOC.I. The van der Waals surface area contributed by atoms with Crippen molar-refractivity contribution in [3.05, 3.63) is 0 Å². The van der Waals surface area contributed by atoms with E-state index >= 15 is 0 Å². The smallest absolute Gasteiger partial charge is 0.383 e. The largest absolute Gasteiger partial charge is 0.401 e. The van der Waals surface area contributed by atoms with E-state index in [9.17, 15) is 18.0 Å². The number of likely N-dealkylation sites (tertiary alicyclic amines) is 1. The molecule has 0 aromatic carbocycles. The zero-order chi connectivity index (χ0) is 19.4. The van der Waals surface area contributed by atoms with Crippen molar-refractivity contribution in [3.63, 3.8) is 0 Å². The van der Waals surface area contributed by atoms with Crippen LogP contribution < -0.4 is 16.0 Å². The van der Waals surface area contributed by atoms with Crippen molar-refractivity contribution in [2.75, 3.05) is 60.0 Å². The Kier molecular flexibility index (Phi) is 13.8. The highest BCUT2D eigenvalue weighted by Crippen LogP contribution is 2.23. The molecular weight excluding hydrogens is 478 g/mol. The van der Waals surface area contributed by atoms with Crippen LogP contribution in [0.15, 0.2) is 4.99 Å². The fourth-order valence-electron chi connectivity index (χ4n) is 2.82. The number of alkyl halides is 3. The number of hydrogen-bond acceptors (Lipinski definition) is 4. The number of hydrogen-bond donors (Lipinski definition) is 3. The summed E-state index contributed by atoms with van der Waals surface area (Å²) in [5.74, 6) is 0.783. The first kappa shape index (κ1) is 26.2. The van der Waals surface area contributed by atoms with Gasteiger partial charge in [0, 0.05) is 27.2 Å². The van der Waals surface area contributed by atoms with Crippen LogP contribution in [0, 0.1) is 5.92 Å². The molecule has 0 unspecified atom stereocenters. The number of nitrogens with zero attached hydrogens (tertiary/aromatic N) is 2. The molecule has 1 aliphatic heterocycles. The average molecular weight is 509 g/mol. The highest BCUT2D eigenvalue weighted by Gasteiger charge is 2.32. The number of piperidine rings is 1. The minimum atomic E-state index is -4.12. The first-order chi connectivity index (χ1) is 12.3.